The van der Waals surface area contributed by atoms with E-state index in [0.717, 1.165) is 41.1 Å². The molecule has 6 nitrogen and oxygen atoms in total. The molecule has 1 aliphatic rings. The second-order valence-electron chi connectivity index (χ2n) is 8.56. The Hall–Kier alpha value is -2.29. The highest BCUT2D eigenvalue weighted by Gasteiger charge is 2.22. The molecular weight excluding hydrogens is 415 g/mol. The predicted molar refractivity (Wildman–Crippen MR) is 121 cm³/mol. The van der Waals surface area contributed by atoms with Gasteiger partial charge in [-0.05, 0) is 36.6 Å². The van der Waals surface area contributed by atoms with Crippen LogP contribution in [-0.4, -0.2) is 59.5 Å². The van der Waals surface area contributed by atoms with Crippen molar-refractivity contribution in [3.63, 3.8) is 0 Å². The SMILES string of the molecule is Cc1nn(Cc2ccc(F)cc2)c2sc(C(=O)NC[C@H]3CN(CC(C)C)CCO3)cc12. The third-order valence-electron chi connectivity index (χ3n) is 5.41. The van der Waals surface area contributed by atoms with Crippen molar-refractivity contribution in [1.29, 1.82) is 0 Å². The number of hydrogen-bond acceptors (Lipinski definition) is 5. The highest BCUT2D eigenvalue weighted by Crippen LogP contribution is 2.29. The maximum atomic E-state index is 13.2. The number of amides is 1. The van der Waals surface area contributed by atoms with E-state index in [4.69, 9.17) is 4.74 Å². The lowest BCUT2D eigenvalue weighted by Crippen LogP contribution is -2.48. The first-order valence-electron chi connectivity index (χ1n) is 10.7. The molecule has 0 aliphatic carbocycles. The molecule has 166 valence electrons. The number of carbonyl (C=O) groups excluding carboxylic acids is 1. The van der Waals surface area contributed by atoms with Gasteiger partial charge < -0.3 is 10.1 Å². The van der Waals surface area contributed by atoms with Gasteiger partial charge in [-0.2, -0.15) is 5.10 Å². The minimum Gasteiger partial charge on any atom is -0.374 e. The number of hydrogen-bond donors (Lipinski definition) is 1. The number of benzene rings is 1. The Morgan fingerprint density at radius 1 is 1.35 bits per heavy atom. The van der Waals surface area contributed by atoms with E-state index in [-0.39, 0.29) is 17.8 Å². The van der Waals surface area contributed by atoms with Crippen LogP contribution in [0, 0.1) is 18.7 Å². The number of fused-ring (bicyclic) bond motifs is 1. The molecule has 2 aromatic heterocycles. The van der Waals surface area contributed by atoms with E-state index in [1.54, 1.807) is 12.1 Å². The number of thiophene rings is 1. The molecule has 1 N–H and O–H groups in total. The molecule has 0 saturated carbocycles. The largest absolute Gasteiger partial charge is 0.374 e. The van der Waals surface area contributed by atoms with Gasteiger partial charge in [-0.3, -0.25) is 14.4 Å². The molecule has 0 radical (unpaired) electrons. The van der Waals surface area contributed by atoms with Crippen molar-refractivity contribution < 1.29 is 13.9 Å². The predicted octanol–water partition coefficient (Wildman–Crippen LogP) is 3.68. The van der Waals surface area contributed by atoms with Crippen LogP contribution in [0.25, 0.3) is 10.2 Å². The molecule has 1 aromatic carbocycles. The summed E-state index contributed by atoms with van der Waals surface area (Å²) in [5, 5.41) is 8.61. The van der Waals surface area contributed by atoms with Gasteiger partial charge in [0.25, 0.3) is 5.91 Å². The van der Waals surface area contributed by atoms with Gasteiger partial charge >= 0.3 is 0 Å². The Labute approximate surface area is 186 Å². The topological polar surface area (TPSA) is 59.4 Å². The van der Waals surface area contributed by atoms with Gasteiger partial charge in [-0.25, -0.2) is 4.39 Å². The van der Waals surface area contributed by atoms with E-state index < -0.39 is 0 Å². The third kappa shape index (κ3) is 5.31. The Balaban J connectivity index is 1.41. The van der Waals surface area contributed by atoms with Crippen LogP contribution in [0.3, 0.4) is 0 Å². The number of nitrogens with zero attached hydrogens (tertiary/aromatic N) is 3. The van der Waals surface area contributed by atoms with Crippen LogP contribution in [0.5, 0.6) is 0 Å². The van der Waals surface area contributed by atoms with E-state index in [1.165, 1.54) is 23.5 Å². The first-order valence-corrected chi connectivity index (χ1v) is 11.5. The summed E-state index contributed by atoms with van der Waals surface area (Å²) in [6.45, 7) is 11.0. The standard InChI is InChI=1S/C23H29FN4O2S/c1-15(2)12-27-8-9-30-19(14-27)11-25-22(29)21-10-20-16(3)26-28(23(20)31-21)13-17-4-6-18(24)7-5-17/h4-7,10,15,19H,8-9,11-14H2,1-3H3,(H,25,29)/t19-/m0/s1. The number of nitrogens with one attached hydrogen (secondary N) is 1. The van der Waals surface area contributed by atoms with Crippen molar-refractivity contribution in [1.82, 2.24) is 20.0 Å². The average Bonchev–Trinajstić information content (AvgIpc) is 3.29. The van der Waals surface area contributed by atoms with Crippen LogP contribution in [0.2, 0.25) is 0 Å². The maximum Gasteiger partial charge on any atom is 0.261 e. The van der Waals surface area contributed by atoms with Gasteiger partial charge in [0.05, 0.1) is 29.8 Å². The average molecular weight is 445 g/mol. The zero-order chi connectivity index (χ0) is 22.0. The second-order valence-corrected chi connectivity index (χ2v) is 9.59. The van der Waals surface area contributed by atoms with Gasteiger partial charge in [-0.15, -0.1) is 11.3 Å². The molecule has 0 bridgehead atoms. The first kappa shape index (κ1) is 21.9. The Bertz CT molecular complexity index is 1040. The number of halogens is 1. The zero-order valence-electron chi connectivity index (χ0n) is 18.2. The summed E-state index contributed by atoms with van der Waals surface area (Å²) in [5.41, 5.74) is 1.85. The summed E-state index contributed by atoms with van der Waals surface area (Å²) in [4.78, 5) is 16.8. The van der Waals surface area contributed by atoms with E-state index in [9.17, 15) is 9.18 Å². The van der Waals surface area contributed by atoms with Crippen molar-refractivity contribution in [2.75, 3.05) is 32.8 Å². The number of rotatable bonds is 7. The van der Waals surface area contributed by atoms with Crippen LogP contribution >= 0.6 is 11.3 Å². The summed E-state index contributed by atoms with van der Waals surface area (Å²) in [6, 6.07) is 8.32. The Kier molecular flexibility index (Phi) is 6.69. The Morgan fingerprint density at radius 3 is 2.87 bits per heavy atom. The van der Waals surface area contributed by atoms with Gasteiger partial charge in [0.15, 0.2) is 0 Å². The summed E-state index contributed by atoms with van der Waals surface area (Å²) in [5.74, 6) is 0.276. The quantitative estimate of drug-likeness (QED) is 0.604. The molecule has 0 unspecified atom stereocenters. The maximum absolute atomic E-state index is 13.2. The van der Waals surface area contributed by atoms with Crippen molar-refractivity contribution in [3.05, 3.63) is 52.3 Å². The van der Waals surface area contributed by atoms with Crippen molar-refractivity contribution >= 4 is 27.5 Å². The van der Waals surface area contributed by atoms with Crippen LogP contribution in [0.15, 0.2) is 30.3 Å². The molecule has 1 fully saturated rings. The lowest BCUT2D eigenvalue weighted by Gasteiger charge is -2.33. The summed E-state index contributed by atoms with van der Waals surface area (Å²) in [6.07, 6.45) is 0.0153. The van der Waals surface area contributed by atoms with Crippen molar-refractivity contribution in [3.8, 4) is 0 Å². The third-order valence-corrected chi connectivity index (χ3v) is 6.56. The van der Waals surface area contributed by atoms with Gasteiger partial charge in [0.2, 0.25) is 0 Å². The molecule has 8 heteroatoms. The van der Waals surface area contributed by atoms with E-state index in [1.807, 2.05) is 17.7 Å². The monoisotopic (exact) mass is 444 g/mol. The van der Waals surface area contributed by atoms with Crippen LogP contribution in [0.4, 0.5) is 4.39 Å². The first-order chi connectivity index (χ1) is 14.9. The molecule has 3 heterocycles. The molecule has 1 saturated heterocycles. The fourth-order valence-electron chi connectivity index (χ4n) is 3.97. The highest BCUT2D eigenvalue weighted by molar-refractivity contribution is 7.20. The number of carbonyl (C=O) groups is 1. The summed E-state index contributed by atoms with van der Waals surface area (Å²) in [7, 11) is 0. The normalized spacial score (nSPS) is 17.5. The lowest BCUT2D eigenvalue weighted by molar-refractivity contribution is -0.0295. The summed E-state index contributed by atoms with van der Waals surface area (Å²) >= 11 is 1.43. The smallest absolute Gasteiger partial charge is 0.261 e. The molecule has 1 atom stereocenters. The van der Waals surface area contributed by atoms with Gasteiger partial charge in [-0.1, -0.05) is 26.0 Å². The highest BCUT2D eigenvalue weighted by atomic mass is 32.1. The number of ether oxygens (including phenoxy) is 1. The van der Waals surface area contributed by atoms with E-state index >= 15 is 0 Å². The van der Waals surface area contributed by atoms with E-state index in [0.29, 0.717) is 30.5 Å². The molecular formula is C23H29FN4O2S. The fraction of sp³-hybridized carbons (Fsp3) is 0.478. The number of morpholine rings is 1. The molecule has 1 amide bonds. The van der Waals surface area contributed by atoms with E-state index in [2.05, 4.69) is 29.2 Å². The molecule has 1 aliphatic heterocycles. The summed E-state index contributed by atoms with van der Waals surface area (Å²) < 4.78 is 20.9. The van der Waals surface area contributed by atoms with Crippen LogP contribution in [0.1, 0.15) is 34.8 Å². The minimum atomic E-state index is -0.255. The fourth-order valence-corrected chi connectivity index (χ4v) is 5.05. The van der Waals surface area contributed by atoms with Crippen LogP contribution < -0.4 is 5.32 Å². The molecule has 4 rings (SSSR count). The molecule has 31 heavy (non-hydrogen) atoms. The lowest BCUT2D eigenvalue weighted by atomic mass is 10.2. The molecule has 3 aromatic rings. The Morgan fingerprint density at radius 2 is 2.13 bits per heavy atom. The zero-order valence-corrected chi connectivity index (χ0v) is 19.0. The molecule has 0 spiro atoms. The second kappa shape index (κ2) is 9.46. The van der Waals surface area contributed by atoms with Crippen molar-refractivity contribution in [2.24, 2.45) is 5.92 Å². The van der Waals surface area contributed by atoms with Gasteiger partial charge in [0, 0.05) is 31.6 Å². The van der Waals surface area contributed by atoms with Crippen molar-refractivity contribution in [2.45, 2.75) is 33.4 Å². The van der Waals surface area contributed by atoms with Gasteiger partial charge in [0.1, 0.15) is 10.6 Å². The van der Waals surface area contributed by atoms with Crippen LogP contribution in [-0.2, 0) is 11.3 Å². The number of aromatic nitrogens is 2. The minimum absolute atomic E-state index is 0.0153. The number of aryl methyl sites for hydroxylation is 1.